The third kappa shape index (κ3) is 1.70. The second-order valence-electron chi connectivity index (χ2n) is 4.60. The lowest BCUT2D eigenvalue weighted by Gasteiger charge is -2.12. The highest BCUT2D eigenvalue weighted by atomic mass is 16.3. The van der Waals surface area contributed by atoms with Crippen molar-refractivity contribution in [3.05, 3.63) is 65.6 Å². The van der Waals surface area contributed by atoms with Gasteiger partial charge in [-0.05, 0) is 35.8 Å². The summed E-state index contributed by atoms with van der Waals surface area (Å²) in [4.78, 5) is 12.0. The summed E-state index contributed by atoms with van der Waals surface area (Å²) in [6.45, 7) is 1.91. The van der Waals surface area contributed by atoms with E-state index >= 15 is 0 Å². The number of allylic oxidation sites excluding steroid dienone is 2. The molecular weight excluding hydrogens is 224 g/mol. The summed E-state index contributed by atoms with van der Waals surface area (Å²) >= 11 is 0. The number of carbonyl (C=O) groups is 1. The van der Waals surface area contributed by atoms with Gasteiger partial charge in [-0.15, -0.1) is 0 Å². The highest BCUT2D eigenvalue weighted by Gasteiger charge is 2.33. The summed E-state index contributed by atoms with van der Waals surface area (Å²) in [5, 5.41) is 0. The smallest absolute Gasteiger partial charge is 0.159 e. The predicted molar refractivity (Wildman–Crippen MR) is 70.1 cm³/mol. The number of hydrogen-bond acceptors (Lipinski definition) is 2. The molecule has 1 aromatic heterocycles. The third-order valence-electron chi connectivity index (χ3n) is 3.53. The molecule has 2 nitrogen and oxygen atoms in total. The van der Waals surface area contributed by atoms with Crippen LogP contribution in [0.1, 0.15) is 30.6 Å². The average molecular weight is 238 g/mol. The Hall–Kier alpha value is -2.09. The Kier molecular flexibility index (Phi) is 2.63. The van der Waals surface area contributed by atoms with Crippen LogP contribution in [0.25, 0.3) is 5.57 Å². The van der Waals surface area contributed by atoms with E-state index in [4.69, 9.17) is 4.42 Å². The van der Waals surface area contributed by atoms with Crippen molar-refractivity contribution in [2.75, 3.05) is 0 Å². The molecular formula is C16H14O2. The summed E-state index contributed by atoms with van der Waals surface area (Å²) in [5.74, 6) is 1.16. The summed E-state index contributed by atoms with van der Waals surface area (Å²) in [6, 6.07) is 13.9. The van der Waals surface area contributed by atoms with Crippen LogP contribution in [0.4, 0.5) is 0 Å². The van der Waals surface area contributed by atoms with E-state index in [1.165, 1.54) is 0 Å². The molecule has 3 rings (SSSR count). The lowest BCUT2D eigenvalue weighted by atomic mass is 9.92. The molecule has 0 saturated carbocycles. The van der Waals surface area contributed by atoms with Gasteiger partial charge in [0.1, 0.15) is 5.76 Å². The first-order valence-electron chi connectivity index (χ1n) is 6.10. The Balaban J connectivity index is 2.11. The first-order valence-corrected chi connectivity index (χ1v) is 6.10. The van der Waals surface area contributed by atoms with Gasteiger partial charge in [0.2, 0.25) is 0 Å². The molecule has 1 atom stereocenters. The number of carbonyl (C=O) groups excluding carboxylic acids is 1. The van der Waals surface area contributed by atoms with Crippen LogP contribution in [0, 0.1) is 0 Å². The average Bonchev–Trinajstić information content (AvgIpc) is 3.00. The molecule has 2 aromatic rings. The van der Waals surface area contributed by atoms with Gasteiger partial charge in [0.25, 0.3) is 0 Å². The van der Waals surface area contributed by atoms with Crippen molar-refractivity contribution in [1.82, 2.24) is 0 Å². The molecule has 18 heavy (non-hydrogen) atoms. The van der Waals surface area contributed by atoms with Gasteiger partial charge in [-0.1, -0.05) is 30.3 Å². The van der Waals surface area contributed by atoms with Crippen LogP contribution in [0.2, 0.25) is 0 Å². The number of furan rings is 1. The predicted octanol–water partition coefficient (Wildman–Crippen LogP) is 3.81. The van der Waals surface area contributed by atoms with Gasteiger partial charge in [-0.25, -0.2) is 0 Å². The first kappa shape index (κ1) is 11.0. The summed E-state index contributed by atoms with van der Waals surface area (Å²) in [6.07, 6.45) is 2.18. The molecule has 1 aliphatic rings. The molecule has 1 heterocycles. The molecule has 0 spiro atoms. The number of Topliss-reactive ketones (excluding diaryl/α,β-unsaturated/α-hetero) is 1. The fourth-order valence-corrected chi connectivity index (χ4v) is 2.62. The van der Waals surface area contributed by atoms with Crippen LogP contribution in [-0.2, 0) is 4.79 Å². The van der Waals surface area contributed by atoms with Crippen LogP contribution in [0.3, 0.4) is 0 Å². The molecule has 1 unspecified atom stereocenters. The van der Waals surface area contributed by atoms with E-state index in [1.807, 2.05) is 49.4 Å². The monoisotopic (exact) mass is 238 g/mol. The van der Waals surface area contributed by atoms with Crippen molar-refractivity contribution in [1.29, 1.82) is 0 Å². The molecule has 90 valence electrons. The normalized spacial score (nSPS) is 19.6. The quantitative estimate of drug-likeness (QED) is 0.796. The van der Waals surface area contributed by atoms with E-state index in [-0.39, 0.29) is 11.7 Å². The molecule has 0 saturated heterocycles. The van der Waals surface area contributed by atoms with E-state index in [0.29, 0.717) is 6.42 Å². The van der Waals surface area contributed by atoms with Crippen LogP contribution in [0.5, 0.6) is 0 Å². The standard InChI is InChI=1S/C16H14O2/c1-11-14(17)10-13(15-8-5-9-18-15)16(11)12-6-3-2-4-7-12/h2-9,13H,10H2,1H3. The minimum Gasteiger partial charge on any atom is -0.469 e. The maximum absolute atomic E-state index is 12.0. The molecule has 1 aromatic carbocycles. The van der Waals surface area contributed by atoms with Gasteiger partial charge in [-0.2, -0.15) is 0 Å². The van der Waals surface area contributed by atoms with Crippen molar-refractivity contribution in [3.8, 4) is 0 Å². The van der Waals surface area contributed by atoms with Gasteiger partial charge in [0.05, 0.1) is 12.2 Å². The van der Waals surface area contributed by atoms with Crippen molar-refractivity contribution in [2.45, 2.75) is 19.3 Å². The Morgan fingerprint density at radius 3 is 2.56 bits per heavy atom. The maximum Gasteiger partial charge on any atom is 0.159 e. The van der Waals surface area contributed by atoms with Gasteiger partial charge in [0, 0.05) is 6.42 Å². The van der Waals surface area contributed by atoms with Crippen molar-refractivity contribution in [3.63, 3.8) is 0 Å². The molecule has 0 N–H and O–H groups in total. The minimum atomic E-state index is 0.0647. The summed E-state index contributed by atoms with van der Waals surface area (Å²) in [7, 11) is 0. The van der Waals surface area contributed by atoms with Crippen molar-refractivity contribution in [2.24, 2.45) is 0 Å². The highest BCUT2D eigenvalue weighted by molar-refractivity contribution is 6.08. The zero-order valence-electron chi connectivity index (χ0n) is 10.2. The van der Waals surface area contributed by atoms with Crippen molar-refractivity contribution >= 4 is 11.4 Å². The number of benzene rings is 1. The van der Waals surface area contributed by atoms with Crippen molar-refractivity contribution < 1.29 is 9.21 Å². The Bertz CT molecular complexity index is 591. The fraction of sp³-hybridized carbons (Fsp3) is 0.188. The van der Waals surface area contributed by atoms with E-state index in [1.54, 1.807) is 6.26 Å². The summed E-state index contributed by atoms with van der Waals surface area (Å²) < 4.78 is 5.48. The van der Waals surface area contributed by atoms with Gasteiger partial charge < -0.3 is 4.42 Å². The molecule has 0 aliphatic heterocycles. The van der Waals surface area contributed by atoms with Crippen LogP contribution < -0.4 is 0 Å². The van der Waals surface area contributed by atoms with Gasteiger partial charge >= 0.3 is 0 Å². The van der Waals surface area contributed by atoms with E-state index < -0.39 is 0 Å². The maximum atomic E-state index is 12.0. The van der Waals surface area contributed by atoms with Crippen LogP contribution in [-0.4, -0.2) is 5.78 Å². The van der Waals surface area contributed by atoms with E-state index in [0.717, 1.165) is 22.5 Å². The van der Waals surface area contributed by atoms with E-state index in [2.05, 4.69) is 0 Å². The number of ketones is 1. The van der Waals surface area contributed by atoms with Crippen LogP contribution >= 0.6 is 0 Å². The highest BCUT2D eigenvalue weighted by Crippen LogP contribution is 2.43. The Morgan fingerprint density at radius 2 is 1.89 bits per heavy atom. The largest absolute Gasteiger partial charge is 0.469 e. The van der Waals surface area contributed by atoms with Gasteiger partial charge in [-0.3, -0.25) is 4.79 Å². The second kappa shape index (κ2) is 4.30. The third-order valence-corrected chi connectivity index (χ3v) is 3.53. The van der Waals surface area contributed by atoms with Crippen LogP contribution in [0.15, 0.2) is 58.7 Å². The second-order valence-corrected chi connectivity index (χ2v) is 4.60. The SMILES string of the molecule is CC1=C(c2ccccc2)C(c2ccco2)CC1=O. The zero-order valence-corrected chi connectivity index (χ0v) is 10.2. The Labute approximate surface area is 106 Å². The summed E-state index contributed by atoms with van der Waals surface area (Å²) in [5.41, 5.74) is 3.08. The Morgan fingerprint density at radius 1 is 1.11 bits per heavy atom. The minimum absolute atomic E-state index is 0.0647. The number of hydrogen-bond donors (Lipinski definition) is 0. The topological polar surface area (TPSA) is 30.2 Å². The lowest BCUT2D eigenvalue weighted by Crippen LogP contribution is -1.97. The number of rotatable bonds is 2. The molecule has 0 bridgehead atoms. The molecule has 2 heteroatoms. The first-order chi connectivity index (χ1) is 8.77. The zero-order chi connectivity index (χ0) is 12.5. The molecule has 0 amide bonds. The lowest BCUT2D eigenvalue weighted by molar-refractivity contribution is -0.115. The fourth-order valence-electron chi connectivity index (χ4n) is 2.62. The van der Waals surface area contributed by atoms with Gasteiger partial charge in [0.15, 0.2) is 5.78 Å². The van der Waals surface area contributed by atoms with E-state index in [9.17, 15) is 4.79 Å². The molecule has 0 radical (unpaired) electrons. The molecule has 0 fully saturated rings. The molecule has 1 aliphatic carbocycles.